The van der Waals surface area contributed by atoms with Gasteiger partial charge in [0, 0.05) is 11.6 Å². The number of alkyl halides is 1. The van der Waals surface area contributed by atoms with Gasteiger partial charge < -0.3 is 15.2 Å². The van der Waals surface area contributed by atoms with Crippen LogP contribution >= 0.6 is 0 Å². The third-order valence-electron chi connectivity index (χ3n) is 2.73. The van der Waals surface area contributed by atoms with E-state index in [0.717, 1.165) is 30.6 Å². The lowest BCUT2D eigenvalue weighted by Gasteiger charge is -2.13. The molecule has 0 unspecified atom stereocenters. The summed E-state index contributed by atoms with van der Waals surface area (Å²) in [5, 5.41) is 0. The molecule has 1 aromatic carbocycles. The number of unbranched alkanes of at least 4 members (excludes halogenated alkanes) is 1. The van der Waals surface area contributed by atoms with E-state index in [4.69, 9.17) is 15.2 Å². The second-order valence-electron chi connectivity index (χ2n) is 3.86. The molecule has 17 heavy (non-hydrogen) atoms. The van der Waals surface area contributed by atoms with E-state index in [2.05, 4.69) is 0 Å². The summed E-state index contributed by atoms with van der Waals surface area (Å²) in [6, 6.07) is 3.56. The number of hydrogen-bond acceptors (Lipinski definition) is 3. The quantitative estimate of drug-likeness (QED) is 0.746. The van der Waals surface area contributed by atoms with Crippen LogP contribution < -0.4 is 15.2 Å². The first-order chi connectivity index (χ1) is 8.26. The Bertz CT molecular complexity index is 356. The Kier molecular flexibility index (Phi) is 5.77. The van der Waals surface area contributed by atoms with Gasteiger partial charge in [-0.25, -0.2) is 4.39 Å². The van der Waals surface area contributed by atoms with Gasteiger partial charge in [-0.1, -0.05) is 0 Å². The van der Waals surface area contributed by atoms with Crippen molar-refractivity contribution in [2.24, 2.45) is 5.73 Å². The van der Waals surface area contributed by atoms with Gasteiger partial charge in [-0.15, -0.1) is 0 Å². The van der Waals surface area contributed by atoms with Crippen molar-refractivity contribution in [3.05, 3.63) is 23.3 Å². The SMILES string of the molecule is COc1cc(OC)c(CCCCN)cc1CF. The van der Waals surface area contributed by atoms with Gasteiger partial charge in [0.05, 0.1) is 14.2 Å². The molecule has 0 spiro atoms. The molecule has 0 atom stereocenters. The van der Waals surface area contributed by atoms with Crippen LogP contribution in [0.2, 0.25) is 0 Å². The van der Waals surface area contributed by atoms with E-state index in [1.54, 1.807) is 13.2 Å². The van der Waals surface area contributed by atoms with Crippen molar-refractivity contribution < 1.29 is 13.9 Å². The maximum absolute atomic E-state index is 12.8. The first-order valence-corrected chi connectivity index (χ1v) is 5.76. The van der Waals surface area contributed by atoms with Gasteiger partial charge in [-0.05, 0) is 37.4 Å². The molecule has 1 rings (SSSR count). The highest BCUT2D eigenvalue weighted by Crippen LogP contribution is 2.30. The van der Waals surface area contributed by atoms with Crippen LogP contribution in [0.5, 0.6) is 11.5 Å². The van der Waals surface area contributed by atoms with Crippen LogP contribution in [-0.2, 0) is 13.1 Å². The van der Waals surface area contributed by atoms with Crippen molar-refractivity contribution in [3.8, 4) is 11.5 Å². The van der Waals surface area contributed by atoms with Crippen molar-refractivity contribution >= 4 is 0 Å². The van der Waals surface area contributed by atoms with Gasteiger partial charge in [-0.2, -0.15) is 0 Å². The lowest BCUT2D eigenvalue weighted by Crippen LogP contribution is -2.01. The van der Waals surface area contributed by atoms with E-state index in [9.17, 15) is 4.39 Å². The molecule has 2 N–H and O–H groups in total. The molecule has 0 amide bonds. The van der Waals surface area contributed by atoms with Crippen LogP contribution in [0.15, 0.2) is 12.1 Å². The second-order valence-corrected chi connectivity index (χ2v) is 3.86. The van der Waals surface area contributed by atoms with E-state index in [1.807, 2.05) is 6.07 Å². The lowest BCUT2D eigenvalue weighted by molar-refractivity contribution is 0.378. The van der Waals surface area contributed by atoms with Gasteiger partial charge in [0.2, 0.25) is 0 Å². The van der Waals surface area contributed by atoms with Gasteiger partial charge >= 0.3 is 0 Å². The fourth-order valence-corrected chi connectivity index (χ4v) is 1.80. The first-order valence-electron chi connectivity index (χ1n) is 5.76. The van der Waals surface area contributed by atoms with E-state index >= 15 is 0 Å². The minimum absolute atomic E-state index is 0.531. The fourth-order valence-electron chi connectivity index (χ4n) is 1.80. The molecule has 0 aromatic heterocycles. The third-order valence-corrected chi connectivity index (χ3v) is 2.73. The maximum Gasteiger partial charge on any atom is 0.128 e. The molecule has 0 aliphatic rings. The Morgan fingerprint density at radius 2 is 1.71 bits per heavy atom. The average molecular weight is 241 g/mol. The zero-order chi connectivity index (χ0) is 12.7. The molecule has 0 bridgehead atoms. The highest BCUT2D eigenvalue weighted by Gasteiger charge is 2.10. The first kappa shape index (κ1) is 13.8. The van der Waals surface area contributed by atoms with E-state index in [0.29, 0.717) is 17.9 Å². The molecular weight excluding hydrogens is 221 g/mol. The third kappa shape index (κ3) is 3.60. The second kappa shape index (κ2) is 7.12. The predicted molar refractivity (Wildman–Crippen MR) is 66.4 cm³/mol. The van der Waals surface area contributed by atoms with E-state index < -0.39 is 6.67 Å². The largest absolute Gasteiger partial charge is 0.496 e. The summed E-state index contributed by atoms with van der Waals surface area (Å²) in [5.74, 6) is 1.28. The molecule has 0 saturated carbocycles. The summed E-state index contributed by atoms with van der Waals surface area (Å²) < 4.78 is 23.2. The fraction of sp³-hybridized carbons (Fsp3) is 0.538. The molecule has 4 heteroatoms. The van der Waals surface area contributed by atoms with Gasteiger partial charge in [0.25, 0.3) is 0 Å². The Morgan fingerprint density at radius 1 is 1.06 bits per heavy atom. The predicted octanol–water partition coefficient (Wildman–Crippen LogP) is 2.45. The highest BCUT2D eigenvalue weighted by molar-refractivity contribution is 5.46. The minimum atomic E-state index is -0.531. The molecule has 0 heterocycles. The summed E-state index contributed by atoms with van der Waals surface area (Å²) in [7, 11) is 3.14. The summed E-state index contributed by atoms with van der Waals surface area (Å²) >= 11 is 0. The molecule has 0 saturated heterocycles. The minimum Gasteiger partial charge on any atom is -0.496 e. The van der Waals surface area contributed by atoms with Crippen LogP contribution in [0.3, 0.4) is 0 Å². The smallest absolute Gasteiger partial charge is 0.128 e. The highest BCUT2D eigenvalue weighted by atomic mass is 19.1. The summed E-state index contributed by atoms with van der Waals surface area (Å²) in [4.78, 5) is 0. The molecule has 3 nitrogen and oxygen atoms in total. The summed E-state index contributed by atoms with van der Waals surface area (Å²) in [5.41, 5.74) is 7.03. The van der Waals surface area contributed by atoms with Crippen LogP contribution in [0.25, 0.3) is 0 Å². The molecule has 0 fully saturated rings. The maximum atomic E-state index is 12.8. The summed E-state index contributed by atoms with van der Waals surface area (Å²) in [6.45, 7) is 0.144. The Labute approximate surface area is 102 Å². The molecule has 0 aliphatic carbocycles. The monoisotopic (exact) mass is 241 g/mol. The normalized spacial score (nSPS) is 10.4. The number of nitrogens with two attached hydrogens (primary N) is 1. The number of hydrogen-bond donors (Lipinski definition) is 1. The van der Waals surface area contributed by atoms with Crippen molar-refractivity contribution in [1.29, 1.82) is 0 Å². The van der Waals surface area contributed by atoms with Crippen molar-refractivity contribution in [3.63, 3.8) is 0 Å². The van der Waals surface area contributed by atoms with Gasteiger partial charge in [0.15, 0.2) is 0 Å². The van der Waals surface area contributed by atoms with Crippen LogP contribution in [0.1, 0.15) is 24.0 Å². The molecule has 0 radical (unpaired) electrons. The number of benzene rings is 1. The van der Waals surface area contributed by atoms with Gasteiger partial charge in [0.1, 0.15) is 18.2 Å². The van der Waals surface area contributed by atoms with Crippen LogP contribution in [-0.4, -0.2) is 20.8 Å². The Hall–Kier alpha value is -1.29. The molecule has 1 aromatic rings. The average Bonchev–Trinajstić information content (AvgIpc) is 2.38. The number of ether oxygens (including phenoxy) is 2. The van der Waals surface area contributed by atoms with Gasteiger partial charge in [-0.3, -0.25) is 0 Å². The topological polar surface area (TPSA) is 44.5 Å². The van der Waals surface area contributed by atoms with Crippen molar-refractivity contribution in [2.45, 2.75) is 25.9 Å². The van der Waals surface area contributed by atoms with E-state index in [-0.39, 0.29) is 0 Å². The number of halogens is 1. The zero-order valence-electron chi connectivity index (χ0n) is 10.5. The summed E-state index contributed by atoms with van der Waals surface area (Å²) in [6.07, 6.45) is 2.78. The lowest BCUT2D eigenvalue weighted by atomic mass is 10.0. The Morgan fingerprint density at radius 3 is 2.24 bits per heavy atom. The molecule has 0 aliphatic heterocycles. The van der Waals surface area contributed by atoms with Crippen LogP contribution in [0, 0.1) is 0 Å². The Balaban J connectivity index is 2.93. The standard InChI is InChI=1S/C13H20FNO2/c1-16-12-8-13(17-2)11(9-14)7-10(12)5-3-4-6-15/h7-8H,3-6,9,15H2,1-2H3. The number of rotatable bonds is 7. The number of methoxy groups -OCH3 is 2. The van der Waals surface area contributed by atoms with Crippen LogP contribution in [0.4, 0.5) is 4.39 Å². The molecular formula is C13H20FNO2. The number of aryl methyl sites for hydroxylation is 1. The van der Waals surface area contributed by atoms with Crippen molar-refractivity contribution in [1.82, 2.24) is 0 Å². The molecule has 96 valence electrons. The van der Waals surface area contributed by atoms with E-state index in [1.165, 1.54) is 7.11 Å². The van der Waals surface area contributed by atoms with Crippen molar-refractivity contribution in [2.75, 3.05) is 20.8 Å². The zero-order valence-corrected chi connectivity index (χ0v) is 10.5.